The minimum Gasteiger partial charge on any atom is -0.352 e. The lowest BCUT2D eigenvalue weighted by atomic mass is 9.98. The summed E-state index contributed by atoms with van der Waals surface area (Å²) in [6, 6.07) is 0.0430. The second kappa shape index (κ2) is 7.70. The van der Waals surface area contributed by atoms with Crippen LogP contribution < -0.4 is 10.6 Å². The lowest BCUT2D eigenvalue weighted by molar-refractivity contribution is -0.130. The number of carbonyl (C=O) groups is 2. The molecule has 2 amide bonds. The van der Waals surface area contributed by atoms with Crippen LogP contribution in [0.3, 0.4) is 0 Å². The summed E-state index contributed by atoms with van der Waals surface area (Å²) in [7, 11) is 0. The molecule has 0 aromatic carbocycles. The van der Waals surface area contributed by atoms with Crippen LogP contribution in [0.2, 0.25) is 0 Å². The number of hydrogen-bond acceptors (Lipinski definition) is 3. The summed E-state index contributed by atoms with van der Waals surface area (Å²) in [5, 5.41) is 6.27. The molecule has 2 saturated heterocycles. The minimum absolute atomic E-state index is 0. The number of amides is 2. The van der Waals surface area contributed by atoms with E-state index in [-0.39, 0.29) is 36.2 Å². The van der Waals surface area contributed by atoms with Gasteiger partial charge in [0.05, 0.1) is 5.92 Å². The Bertz CT molecular complexity index is 319. The second-order valence-corrected chi connectivity index (χ2v) is 5.40. The van der Waals surface area contributed by atoms with Crippen molar-refractivity contribution in [2.45, 2.75) is 38.6 Å². The van der Waals surface area contributed by atoms with Gasteiger partial charge in [-0.3, -0.25) is 9.59 Å². The first-order chi connectivity index (χ1) is 8.66. The van der Waals surface area contributed by atoms with Crippen molar-refractivity contribution in [1.29, 1.82) is 0 Å². The zero-order valence-electron chi connectivity index (χ0n) is 11.5. The standard InChI is InChI=1S/C13H23N3O2.ClH/c1-10(9-16-7-3-5-12(16)17)15-13(18)11-4-2-6-14-8-11;/h10-11,14H,2-9H2,1H3,(H,15,18);1H/t10?,11-;/m1./s1. The van der Waals surface area contributed by atoms with Crippen molar-refractivity contribution in [2.75, 3.05) is 26.2 Å². The number of halogens is 1. The maximum absolute atomic E-state index is 12.0. The van der Waals surface area contributed by atoms with E-state index >= 15 is 0 Å². The largest absolute Gasteiger partial charge is 0.352 e. The molecule has 19 heavy (non-hydrogen) atoms. The van der Waals surface area contributed by atoms with Gasteiger partial charge in [0.2, 0.25) is 11.8 Å². The van der Waals surface area contributed by atoms with Gasteiger partial charge < -0.3 is 15.5 Å². The van der Waals surface area contributed by atoms with Gasteiger partial charge in [0, 0.05) is 32.1 Å². The molecule has 2 rings (SSSR count). The van der Waals surface area contributed by atoms with Gasteiger partial charge in [0.15, 0.2) is 0 Å². The van der Waals surface area contributed by atoms with Gasteiger partial charge in [-0.25, -0.2) is 0 Å². The number of rotatable bonds is 4. The van der Waals surface area contributed by atoms with Gasteiger partial charge in [-0.2, -0.15) is 0 Å². The molecule has 2 atom stereocenters. The third-order valence-electron chi connectivity index (χ3n) is 3.72. The Morgan fingerprint density at radius 2 is 2.32 bits per heavy atom. The molecule has 0 spiro atoms. The summed E-state index contributed by atoms with van der Waals surface area (Å²) < 4.78 is 0. The molecule has 0 saturated carbocycles. The van der Waals surface area contributed by atoms with Crippen LogP contribution in [0, 0.1) is 5.92 Å². The van der Waals surface area contributed by atoms with E-state index in [2.05, 4.69) is 10.6 Å². The lowest BCUT2D eigenvalue weighted by Crippen LogP contribution is -2.47. The van der Waals surface area contributed by atoms with Crippen LogP contribution in [0.1, 0.15) is 32.6 Å². The van der Waals surface area contributed by atoms with E-state index in [1.165, 1.54) is 0 Å². The molecular formula is C13H24ClN3O2. The Hall–Kier alpha value is -0.810. The number of hydrogen-bond donors (Lipinski definition) is 2. The van der Waals surface area contributed by atoms with Gasteiger partial charge in [-0.1, -0.05) is 0 Å². The topological polar surface area (TPSA) is 61.4 Å². The first-order valence-corrected chi connectivity index (χ1v) is 6.95. The molecule has 2 aliphatic rings. The van der Waals surface area contributed by atoms with E-state index in [9.17, 15) is 9.59 Å². The van der Waals surface area contributed by atoms with Crippen molar-refractivity contribution in [3.05, 3.63) is 0 Å². The third kappa shape index (κ3) is 4.66. The molecule has 0 aromatic rings. The zero-order valence-corrected chi connectivity index (χ0v) is 12.3. The molecular weight excluding hydrogens is 266 g/mol. The van der Waals surface area contributed by atoms with E-state index < -0.39 is 0 Å². The van der Waals surface area contributed by atoms with E-state index in [4.69, 9.17) is 0 Å². The van der Waals surface area contributed by atoms with Crippen molar-refractivity contribution in [3.8, 4) is 0 Å². The van der Waals surface area contributed by atoms with Gasteiger partial charge in [-0.05, 0) is 32.7 Å². The fourth-order valence-electron chi connectivity index (χ4n) is 2.71. The maximum Gasteiger partial charge on any atom is 0.224 e. The highest BCUT2D eigenvalue weighted by Crippen LogP contribution is 2.12. The van der Waals surface area contributed by atoms with Crippen LogP contribution >= 0.6 is 12.4 Å². The number of carbonyl (C=O) groups excluding carboxylic acids is 2. The van der Waals surface area contributed by atoms with Crippen molar-refractivity contribution in [1.82, 2.24) is 15.5 Å². The number of nitrogens with zero attached hydrogens (tertiary/aromatic N) is 1. The summed E-state index contributed by atoms with van der Waals surface area (Å²) in [4.78, 5) is 25.4. The molecule has 0 radical (unpaired) electrons. The predicted molar refractivity (Wildman–Crippen MR) is 76.3 cm³/mol. The molecule has 0 aliphatic carbocycles. The van der Waals surface area contributed by atoms with Gasteiger partial charge in [0.1, 0.15) is 0 Å². The SMILES string of the molecule is CC(CN1CCCC1=O)NC(=O)[C@@H]1CCCNC1.Cl. The second-order valence-electron chi connectivity index (χ2n) is 5.40. The van der Waals surface area contributed by atoms with Gasteiger partial charge >= 0.3 is 0 Å². The highest BCUT2D eigenvalue weighted by atomic mass is 35.5. The van der Waals surface area contributed by atoms with E-state index in [0.29, 0.717) is 13.0 Å². The normalized spacial score (nSPS) is 24.8. The summed E-state index contributed by atoms with van der Waals surface area (Å²) in [6.07, 6.45) is 3.64. The van der Waals surface area contributed by atoms with Crippen LogP contribution in [0.5, 0.6) is 0 Å². The zero-order chi connectivity index (χ0) is 13.0. The first-order valence-electron chi connectivity index (χ1n) is 6.95. The van der Waals surface area contributed by atoms with Gasteiger partial charge in [-0.15, -0.1) is 12.4 Å². The van der Waals surface area contributed by atoms with E-state index in [1.54, 1.807) is 0 Å². The summed E-state index contributed by atoms with van der Waals surface area (Å²) in [6.45, 7) is 5.25. The highest BCUT2D eigenvalue weighted by Gasteiger charge is 2.25. The van der Waals surface area contributed by atoms with Crippen molar-refractivity contribution >= 4 is 24.2 Å². The van der Waals surface area contributed by atoms with Crippen LogP contribution in [0.15, 0.2) is 0 Å². The minimum atomic E-state index is 0. The van der Waals surface area contributed by atoms with Crippen LogP contribution in [-0.2, 0) is 9.59 Å². The van der Waals surface area contributed by atoms with Crippen LogP contribution in [-0.4, -0.2) is 48.9 Å². The fraction of sp³-hybridized carbons (Fsp3) is 0.846. The lowest BCUT2D eigenvalue weighted by Gasteiger charge is -2.26. The van der Waals surface area contributed by atoms with Crippen LogP contribution in [0.25, 0.3) is 0 Å². The molecule has 0 bridgehead atoms. The van der Waals surface area contributed by atoms with Gasteiger partial charge in [0.25, 0.3) is 0 Å². The number of likely N-dealkylation sites (tertiary alicyclic amines) is 1. The molecule has 1 unspecified atom stereocenters. The monoisotopic (exact) mass is 289 g/mol. The van der Waals surface area contributed by atoms with Crippen molar-refractivity contribution in [3.63, 3.8) is 0 Å². The Morgan fingerprint density at radius 3 is 2.89 bits per heavy atom. The first kappa shape index (κ1) is 16.2. The molecule has 110 valence electrons. The summed E-state index contributed by atoms with van der Waals surface area (Å²) in [5.41, 5.74) is 0. The van der Waals surface area contributed by atoms with Crippen LogP contribution in [0.4, 0.5) is 0 Å². The van der Waals surface area contributed by atoms with E-state index in [0.717, 1.165) is 38.9 Å². The quantitative estimate of drug-likeness (QED) is 0.794. The molecule has 2 heterocycles. The van der Waals surface area contributed by atoms with Crippen molar-refractivity contribution in [2.24, 2.45) is 5.92 Å². The Labute approximate surface area is 120 Å². The van der Waals surface area contributed by atoms with E-state index in [1.807, 2.05) is 11.8 Å². The average Bonchev–Trinajstić information content (AvgIpc) is 2.76. The summed E-state index contributed by atoms with van der Waals surface area (Å²) in [5.74, 6) is 0.437. The highest BCUT2D eigenvalue weighted by molar-refractivity contribution is 5.85. The van der Waals surface area contributed by atoms with Crippen molar-refractivity contribution < 1.29 is 9.59 Å². The maximum atomic E-state index is 12.0. The molecule has 2 aliphatic heterocycles. The Morgan fingerprint density at radius 1 is 1.53 bits per heavy atom. The Balaban J connectivity index is 0.00000180. The third-order valence-corrected chi connectivity index (χ3v) is 3.72. The molecule has 6 heteroatoms. The Kier molecular flexibility index (Phi) is 6.58. The predicted octanol–water partition coefficient (Wildman–Crippen LogP) is 0.535. The summed E-state index contributed by atoms with van der Waals surface area (Å²) >= 11 is 0. The molecule has 0 aromatic heterocycles. The smallest absolute Gasteiger partial charge is 0.224 e. The molecule has 2 N–H and O–H groups in total. The average molecular weight is 290 g/mol. The molecule has 2 fully saturated rings. The number of piperidine rings is 1. The number of nitrogens with one attached hydrogen (secondary N) is 2. The molecule has 5 nitrogen and oxygen atoms in total. The fourth-order valence-corrected chi connectivity index (χ4v) is 2.71.